The molecule has 0 bridgehead atoms. The second-order valence-corrected chi connectivity index (χ2v) is 8.10. The van der Waals surface area contributed by atoms with Crippen LogP contribution in [0.25, 0.3) is 16.7 Å². The van der Waals surface area contributed by atoms with E-state index in [1.165, 1.54) is 19.1 Å². The third-order valence-corrected chi connectivity index (χ3v) is 6.24. The van der Waals surface area contributed by atoms with E-state index in [4.69, 9.17) is 9.47 Å². The number of hydrogen-bond acceptors (Lipinski definition) is 5. The lowest BCUT2D eigenvalue weighted by Crippen LogP contribution is -2.48. The van der Waals surface area contributed by atoms with Gasteiger partial charge in [-0.3, -0.25) is 19.2 Å². The molecule has 2 aromatic heterocycles. The second-order valence-electron chi connectivity index (χ2n) is 8.10. The summed E-state index contributed by atoms with van der Waals surface area (Å²) in [6.07, 6.45) is 2.28. The first-order chi connectivity index (χ1) is 17.4. The third kappa shape index (κ3) is 3.36. The van der Waals surface area contributed by atoms with Crippen molar-refractivity contribution < 1.29 is 27.8 Å². The van der Waals surface area contributed by atoms with Crippen molar-refractivity contribution in [2.45, 2.75) is 13.5 Å². The van der Waals surface area contributed by atoms with Crippen molar-refractivity contribution in [2.75, 3.05) is 30.6 Å². The smallest absolute Gasteiger partial charge is 0.329 e. The third-order valence-electron chi connectivity index (χ3n) is 6.24. The highest BCUT2D eigenvalue weighted by molar-refractivity contribution is 6.12. The van der Waals surface area contributed by atoms with Crippen molar-refractivity contribution >= 4 is 34.7 Å². The van der Waals surface area contributed by atoms with Gasteiger partial charge in [0.1, 0.15) is 11.3 Å². The average molecular weight is 492 g/mol. The van der Waals surface area contributed by atoms with Crippen molar-refractivity contribution in [2.24, 2.45) is 0 Å². The fraction of sp³-hybridized carbons (Fsp3) is 0.192. The first-order valence-corrected chi connectivity index (χ1v) is 11.2. The topological polar surface area (TPSA) is 76.9 Å². The van der Waals surface area contributed by atoms with E-state index in [0.717, 1.165) is 22.9 Å². The molecule has 1 aliphatic rings. The summed E-state index contributed by atoms with van der Waals surface area (Å²) in [5.74, 6) is -2.55. The van der Waals surface area contributed by atoms with E-state index >= 15 is 8.78 Å². The molecule has 0 fully saturated rings. The van der Waals surface area contributed by atoms with Crippen molar-refractivity contribution in [3.05, 3.63) is 71.6 Å². The van der Waals surface area contributed by atoms with Gasteiger partial charge in [-0.15, -0.1) is 0 Å². The number of halogens is 2. The van der Waals surface area contributed by atoms with Gasteiger partial charge >= 0.3 is 6.03 Å². The molecule has 2 aromatic carbocycles. The van der Waals surface area contributed by atoms with Crippen LogP contribution in [0.15, 0.2) is 48.7 Å². The first kappa shape index (κ1) is 23.3. The van der Waals surface area contributed by atoms with Crippen molar-refractivity contribution in [3.63, 3.8) is 0 Å². The van der Waals surface area contributed by atoms with Crippen molar-refractivity contribution in [1.29, 1.82) is 0 Å². The quantitative estimate of drug-likeness (QED) is 0.350. The molecule has 10 heteroatoms. The minimum atomic E-state index is -1.02. The molecule has 0 radical (unpaired) electrons. The number of aldehydes is 1. The van der Waals surface area contributed by atoms with E-state index < -0.39 is 23.4 Å². The summed E-state index contributed by atoms with van der Waals surface area (Å²) < 4.78 is 42.3. The van der Waals surface area contributed by atoms with E-state index in [9.17, 15) is 9.59 Å². The van der Waals surface area contributed by atoms with Crippen LogP contribution < -0.4 is 19.3 Å². The van der Waals surface area contributed by atoms with Crippen LogP contribution in [0.3, 0.4) is 0 Å². The summed E-state index contributed by atoms with van der Waals surface area (Å²) in [5.41, 5.74) is 2.11. The lowest BCUT2D eigenvalue weighted by molar-refractivity contribution is 0.111. The van der Waals surface area contributed by atoms with Crippen molar-refractivity contribution in [1.82, 2.24) is 9.55 Å². The van der Waals surface area contributed by atoms with E-state index in [-0.39, 0.29) is 24.6 Å². The van der Waals surface area contributed by atoms with Gasteiger partial charge in [-0.2, -0.15) is 0 Å². The van der Waals surface area contributed by atoms with Crippen LogP contribution in [-0.2, 0) is 6.54 Å². The molecule has 4 aromatic rings. The van der Waals surface area contributed by atoms with Gasteiger partial charge in [-0.25, -0.2) is 18.6 Å². The molecule has 0 unspecified atom stereocenters. The highest BCUT2D eigenvalue weighted by Gasteiger charge is 2.37. The average Bonchev–Trinajstić information content (AvgIpc) is 3.28. The van der Waals surface area contributed by atoms with Gasteiger partial charge in [0.25, 0.3) is 0 Å². The zero-order valence-corrected chi connectivity index (χ0v) is 19.8. The summed E-state index contributed by atoms with van der Waals surface area (Å²) in [6, 6.07) is 11.4. The summed E-state index contributed by atoms with van der Waals surface area (Å²) in [7, 11) is 2.49. The maximum absolute atomic E-state index is 15.3. The molecule has 0 atom stereocenters. The summed E-state index contributed by atoms with van der Waals surface area (Å²) in [4.78, 5) is 32.6. The highest BCUT2D eigenvalue weighted by Crippen LogP contribution is 2.43. The number of urea groups is 1. The number of fused-ring (bicyclic) bond motifs is 3. The lowest BCUT2D eigenvalue weighted by Gasteiger charge is -2.37. The summed E-state index contributed by atoms with van der Waals surface area (Å²) in [5, 5.41) is 0.581. The number of amides is 2. The molecule has 1 aliphatic heterocycles. The molecular formula is C26H22F2N4O4. The van der Waals surface area contributed by atoms with Gasteiger partial charge in [0.15, 0.2) is 29.4 Å². The number of para-hydroxylation sites is 1. The zero-order valence-electron chi connectivity index (χ0n) is 19.8. The molecule has 0 saturated carbocycles. The fourth-order valence-corrected chi connectivity index (χ4v) is 4.62. The Morgan fingerprint density at radius 1 is 1.03 bits per heavy atom. The summed E-state index contributed by atoms with van der Waals surface area (Å²) >= 11 is 0. The molecule has 5 rings (SSSR count). The zero-order chi connectivity index (χ0) is 25.6. The monoisotopic (exact) mass is 492 g/mol. The normalized spacial score (nSPS) is 13.2. The maximum atomic E-state index is 15.3. The first-order valence-electron chi connectivity index (χ1n) is 11.2. The molecule has 36 heavy (non-hydrogen) atoms. The molecule has 8 nitrogen and oxygen atoms in total. The SMILES string of the molecule is CCN1C(=O)N(c2c(F)c(OC)cc(OC)c2F)Cc2cnc3c(cc(C=O)n3-c3ccccc3)c21. The van der Waals surface area contributed by atoms with E-state index in [0.29, 0.717) is 28.0 Å². The number of methoxy groups -OCH3 is 2. The number of ether oxygens (including phenoxy) is 2. The van der Waals surface area contributed by atoms with Gasteiger partial charge in [0, 0.05) is 35.4 Å². The Morgan fingerprint density at radius 2 is 1.69 bits per heavy atom. The van der Waals surface area contributed by atoms with Gasteiger partial charge in [0.2, 0.25) is 0 Å². The van der Waals surface area contributed by atoms with Gasteiger partial charge in [-0.1, -0.05) is 18.2 Å². The Kier molecular flexibility index (Phi) is 5.79. The van der Waals surface area contributed by atoms with Gasteiger partial charge < -0.3 is 9.47 Å². The molecule has 0 aliphatic carbocycles. The Bertz CT molecular complexity index is 1480. The minimum absolute atomic E-state index is 0.148. The van der Waals surface area contributed by atoms with Gasteiger partial charge in [-0.05, 0) is 25.1 Å². The van der Waals surface area contributed by atoms with E-state index in [1.807, 2.05) is 30.3 Å². The Balaban J connectivity index is 1.72. The Hall–Kier alpha value is -4.47. The van der Waals surface area contributed by atoms with Crippen LogP contribution in [0.2, 0.25) is 0 Å². The number of pyridine rings is 1. The Morgan fingerprint density at radius 3 is 2.28 bits per heavy atom. The minimum Gasteiger partial charge on any atom is -0.493 e. The van der Waals surface area contributed by atoms with Crippen LogP contribution in [0.1, 0.15) is 23.0 Å². The van der Waals surface area contributed by atoms with Crippen LogP contribution in [0.4, 0.5) is 25.0 Å². The van der Waals surface area contributed by atoms with E-state index in [1.54, 1.807) is 23.8 Å². The fourth-order valence-electron chi connectivity index (χ4n) is 4.62. The largest absolute Gasteiger partial charge is 0.493 e. The van der Waals surface area contributed by atoms with Crippen molar-refractivity contribution in [3.8, 4) is 17.2 Å². The van der Waals surface area contributed by atoms with Crippen LogP contribution in [-0.4, -0.2) is 42.6 Å². The molecule has 0 spiro atoms. The Labute approximate surface area is 205 Å². The van der Waals surface area contributed by atoms with Crippen LogP contribution in [0.5, 0.6) is 11.5 Å². The molecule has 2 amide bonds. The number of benzene rings is 2. The highest BCUT2D eigenvalue weighted by atomic mass is 19.1. The van der Waals surface area contributed by atoms with Crippen LogP contribution in [0, 0.1) is 11.6 Å². The molecule has 0 saturated heterocycles. The van der Waals surface area contributed by atoms with Crippen LogP contribution >= 0.6 is 0 Å². The number of carbonyl (C=O) groups is 2. The lowest BCUT2D eigenvalue weighted by atomic mass is 10.1. The molecule has 0 N–H and O–H groups in total. The number of rotatable bonds is 6. The van der Waals surface area contributed by atoms with E-state index in [2.05, 4.69) is 4.98 Å². The number of nitrogens with zero attached hydrogens (tertiary/aromatic N) is 4. The number of aromatic nitrogens is 2. The number of anilines is 2. The number of hydrogen-bond donors (Lipinski definition) is 0. The number of carbonyl (C=O) groups excluding carboxylic acids is 2. The molecule has 3 heterocycles. The molecular weight excluding hydrogens is 470 g/mol. The predicted molar refractivity (Wildman–Crippen MR) is 131 cm³/mol. The molecule has 184 valence electrons. The standard InChI is InChI=1S/C26H22F2N4O4/c1-4-30-23-15(12-29-25-18(23)10-17(14-33)32(25)16-8-6-5-7-9-16)13-31(26(30)34)24-21(27)19(35-2)11-20(36-3)22(24)28/h5-12,14H,4,13H2,1-3H3. The predicted octanol–water partition coefficient (Wildman–Crippen LogP) is 5.10. The summed E-state index contributed by atoms with van der Waals surface area (Å²) in [6.45, 7) is 1.81. The second kappa shape index (κ2) is 8.95. The maximum Gasteiger partial charge on any atom is 0.329 e. The van der Waals surface area contributed by atoms with Gasteiger partial charge in [0.05, 0.1) is 32.1 Å².